The molecule has 1 saturated heterocycles. The summed E-state index contributed by atoms with van der Waals surface area (Å²) in [6, 6.07) is 0.0506. The molecule has 0 atom stereocenters. The fourth-order valence-electron chi connectivity index (χ4n) is 1.67. The molecule has 1 aromatic heterocycles. The second-order valence-electron chi connectivity index (χ2n) is 4.02. The number of hydrogen-bond donors (Lipinski definition) is 2. The van der Waals surface area contributed by atoms with E-state index in [-0.39, 0.29) is 11.7 Å². The van der Waals surface area contributed by atoms with E-state index in [0.717, 1.165) is 12.8 Å². The predicted molar refractivity (Wildman–Crippen MR) is 57.7 cm³/mol. The van der Waals surface area contributed by atoms with Crippen molar-refractivity contribution in [2.75, 3.05) is 18.5 Å². The number of carbonyl (C=O) groups excluding carboxylic acids is 1. The van der Waals surface area contributed by atoms with E-state index in [1.165, 1.54) is 6.20 Å². The van der Waals surface area contributed by atoms with Crippen molar-refractivity contribution >= 4 is 11.7 Å². The van der Waals surface area contributed by atoms with Gasteiger partial charge in [0, 0.05) is 25.5 Å². The minimum Gasteiger partial charge on any atom is -0.397 e. The summed E-state index contributed by atoms with van der Waals surface area (Å²) in [5.74, 6) is -2.71. The summed E-state index contributed by atoms with van der Waals surface area (Å²) in [5, 5.41) is 8.80. The number of nitrogens with one attached hydrogen (secondary N) is 2. The highest BCUT2D eigenvalue weighted by atomic mass is 19.4. The molecule has 0 aliphatic carbocycles. The van der Waals surface area contributed by atoms with E-state index in [9.17, 15) is 18.0 Å². The van der Waals surface area contributed by atoms with Crippen LogP contribution in [-0.4, -0.2) is 41.6 Å². The lowest BCUT2D eigenvalue weighted by Gasteiger charge is -2.23. The van der Waals surface area contributed by atoms with Gasteiger partial charge in [-0.25, -0.2) is 4.79 Å². The Morgan fingerprint density at radius 1 is 1.47 bits per heavy atom. The number of hydrogen-bond acceptors (Lipinski definition) is 5. The van der Waals surface area contributed by atoms with Crippen LogP contribution < -0.4 is 10.1 Å². The Balaban J connectivity index is 1.99. The van der Waals surface area contributed by atoms with E-state index >= 15 is 0 Å². The molecule has 0 unspecified atom stereocenters. The number of esters is 1. The zero-order valence-electron chi connectivity index (χ0n) is 9.79. The Bertz CT molecular complexity index is 441. The summed E-state index contributed by atoms with van der Waals surface area (Å²) in [7, 11) is 0. The Kier molecular flexibility index (Phi) is 3.93. The SMILES string of the molecule is O=C(Oc1n[nH]cc1NC1CCOCC1)C(F)(F)F. The number of anilines is 1. The maximum absolute atomic E-state index is 12.1. The van der Waals surface area contributed by atoms with Gasteiger partial charge < -0.3 is 14.8 Å². The Hall–Kier alpha value is -1.77. The van der Waals surface area contributed by atoms with Crippen molar-refractivity contribution in [2.45, 2.75) is 25.1 Å². The van der Waals surface area contributed by atoms with Crippen LogP contribution in [0.15, 0.2) is 6.20 Å². The summed E-state index contributed by atoms with van der Waals surface area (Å²) in [6.07, 6.45) is -2.26. The summed E-state index contributed by atoms with van der Waals surface area (Å²) < 4.78 is 45.6. The molecule has 0 radical (unpaired) electrons. The smallest absolute Gasteiger partial charge is 0.397 e. The van der Waals surface area contributed by atoms with Crippen molar-refractivity contribution in [3.63, 3.8) is 0 Å². The first kappa shape index (κ1) is 13.7. The summed E-state index contributed by atoms with van der Waals surface area (Å²) in [5.41, 5.74) is 0.226. The molecule has 9 heteroatoms. The van der Waals surface area contributed by atoms with Crippen molar-refractivity contribution in [2.24, 2.45) is 0 Å². The molecule has 0 spiro atoms. The number of ether oxygens (including phenoxy) is 2. The highest BCUT2D eigenvalue weighted by molar-refractivity contribution is 5.79. The summed E-state index contributed by atoms with van der Waals surface area (Å²) >= 11 is 0. The molecular formula is C10H12F3N3O3. The quantitative estimate of drug-likeness (QED) is 0.819. The van der Waals surface area contributed by atoms with Gasteiger partial charge in [-0.1, -0.05) is 0 Å². The third kappa shape index (κ3) is 3.60. The van der Waals surface area contributed by atoms with Gasteiger partial charge >= 0.3 is 12.1 Å². The second-order valence-corrected chi connectivity index (χ2v) is 4.02. The normalized spacial score (nSPS) is 17.2. The van der Waals surface area contributed by atoms with Gasteiger partial charge in [-0.15, -0.1) is 5.10 Å². The van der Waals surface area contributed by atoms with Crippen molar-refractivity contribution < 1.29 is 27.4 Å². The molecule has 2 heterocycles. The van der Waals surface area contributed by atoms with Crippen LogP contribution in [0.5, 0.6) is 5.88 Å². The molecule has 0 aromatic carbocycles. The second kappa shape index (κ2) is 5.47. The Morgan fingerprint density at radius 2 is 2.16 bits per heavy atom. The molecule has 6 nitrogen and oxygen atoms in total. The number of halogens is 3. The van der Waals surface area contributed by atoms with E-state index in [2.05, 4.69) is 20.3 Å². The largest absolute Gasteiger partial charge is 0.491 e. The molecule has 1 fully saturated rings. The molecule has 0 saturated carbocycles. The molecule has 106 valence electrons. The topological polar surface area (TPSA) is 76.2 Å². The lowest BCUT2D eigenvalue weighted by Crippen LogP contribution is -2.30. The van der Waals surface area contributed by atoms with Crippen molar-refractivity contribution in [3.8, 4) is 5.88 Å². The highest BCUT2D eigenvalue weighted by Crippen LogP contribution is 2.26. The van der Waals surface area contributed by atoms with Gasteiger partial charge in [0.1, 0.15) is 5.69 Å². The first-order chi connectivity index (χ1) is 8.97. The predicted octanol–water partition coefficient (Wildman–Crippen LogP) is 1.47. The first-order valence-electron chi connectivity index (χ1n) is 5.64. The average molecular weight is 279 g/mol. The third-order valence-electron chi connectivity index (χ3n) is 2.61. The van der Waals surface area contributed by atoms with Gasteiger partial charge in [-0.2, -0.15) is 13.2 Å². The van der Waals surface area contributed by atoms with E-state index in [4.69, 9.17) is 4.74 Å². The lowest BCUT2D eigenvalue weighted by molar-refractivity contribution is -0.189. The molecule has 0 amide bonds. The van der Waals surface area contributed by atoms with E-state index in [0.29, 0.717) is 13.2 Å². The zero-order chi connectivity index (χ0) is 13.9. The summed E-state index contributed by atoms with van der Waals surface area (Å²) in [6.45, 7) is 1.15. The van der Waals surface area contributed by atoms with Crippen LogP contribution in [0, 0.1) is 0 Å². The maximum atomic E-state index is 12.1. The zero-order valence-corrected chi connectivity index (χ0v) is 9.79. The van der Waals surface area contributed by atoms with Gasteiger partial charge in [0.05, 0.1) is 0 Å². The Labute approximate surface area is 106 Å². The summed E-state index contributed by atoms with van der Waals surface area (Å²) in [4.78, 5) is 10.7. The van der Waals surface area contributed by atoms with Crippen LogP contribution in [0.2, 0.25) is 0 Å². The van der Waals surface area contributed by atoms with Crippen LogP contribution in [-0.2, 0) is 9.53 Å². The fourth-order valence-corrected chi connectivity index (χ4v) is 1.67. The van der Waals surface area contributed by atoms with E-state index in [1.54, 1.807) is 0 Å². The fraction of sp³-hybridized carbons (Fsp3) is 0.600. The number of alkyl halides is 3. The average Bonchev–Trinajstić information content (AvgIpc) is 2.77. The van der Waals surface area contributed by atoms with Crippen LogP contribution in [0.25, 0.3) is 0 Å². The Morgan fingerprint density at radius 3 is 2.79 bits per heavy atom. The monoisotopic (exact) mass is 279 g/mol. The molecular weight excluding hydrogens is 267 g/mol. The number of aromatic nitrogens is 2. The van der Waals surface area contributed by atoms with Crippen LogP contribution in [0.3, 0.4) is 0 Å². The van der Waals surface area contributed by atoms with Gasteiger partial charge in [-0.05, 0) is 12.8 Å². The van der Waals surface area contributed by atoms with Crippen LogP contribution in [0.4, 0.5) is 18.9 Å². The van der Waals surface area contributed by atoms with Gasteiger partial charge in [0.15, 0.2) is 0 Å². The number of carbonyl (C=O) groups is 1. The number of nitrogens with zero attached hydrogens (tertiary/aromatic N) is 1. The van der Waals surface area contributed by atoms with Crippen molar-refractivity contribution in [1.29, 1.82) is 0 Å². The first-order valence-corrected chi connectivity index (χ1v) is 5.64. The van der Waals surface area contributed by atoms with E-state index < -0.39 is 18.0 Å². The lowest BCUT2D eigenvalue weighted by atomic mass is 10.1. The maximum Gasteiger partial charge on any atom is 0.491 e. The van der Waals surface area contributed by atoms with Crippen LogP contribution >= 0.6 is 0 Å². The highest BCUT2D eigenvalue weighted by Gasteiger charge is 2.42. The molecule has 1 aliphatic heterocycles. The van der Waals surface area contributed by atoms with Crippen molar-refractivity contribution in [1.82, 2.24) is 10.2 Å². The van der Waals surface area contributed by atoms with Crippen molar-refractivity contribution in [3.05, 3.63) is 6.20 Å². The van der Waals surface area contributed by atoms with Gasteiger partial charge in [0.2, 0.25) is 0 Å². The molecule has 1 aromatic rings. The standard InChI is InChI=1S/C10H12F3N3O3/c11-10(12,13)9(17)19-8-7(5-14-16-8)15-6-1-3-18-4-2-6/h5-6,15H,1-4H2,(H,14,16). The minimum atomic E-state index is -5.05. The van der Waals surface area contributed by atoms with Crippen LogP contribution in [0.1, 0.15) is 12.8 Å². The molecule has 19 heavy (non-hydrogen) atoms. The number of H-pyrrole nitrogens is 1. The van der Waals surface area contributed by atoms with Gasteiger partial charge in [0.25, 0.3) is 5.88 Å². The third-order valence-corrected chi connectivity index (χ3v) is 2.61. The molecule has 2 N–H and O–H groups in total. The van der Waals surface area contributed by atoms with Gasteiger partial charge in [-0.3, -0.25) is 5.10 Å². The minimum absolute atomic E-state index is 0.0506. The number of rotatable bonds is 3. The molecule has 1 aliphatic rings. The number of aromatic amines is 1. The van der Waals surface area contributed by atoms with E-state index in [1.807, 2.05) is 0 Å². The molecule has 0 bridgehead atoms. The molecule has 2 rings (SSSR count).